The normalized spacial score (nSPS) is 11.8. The molecule has 11 heteroatoms. The quantitative estimate of drug-likeness (QED) is 0.581. The van der Waals surface area contributed by atoms with Crippen LogP contribution < -0.4 is 14.8 Å². The molecule has 7 nitrogen and oxygen atoms in total. The summed E-state index contributed by atoms with van der Waals surface area (Å²) in [5, 5.41) is 2.52. The third kappa shape index (κ3) is 6.22. The summed E-state index contributed by atoms with van der Waals surface area (Å²) >= 11 is 0. The second-order valence-electron chi connectivity index (χ2n) is 6.26. The molecule has 0 radical (unpaired) electrons. The van der Waals surface area contributed by atoms with Crippen LogP contribution in [0.15, 0.2) is 60.0 Å². The van der Waals surface area contributed by atoms with Gasteiger partial charge in [-0.1, -0.05) is 12.1 Å². The number of methoxy groups -OCH3 is 2. The van der Waals surface area contributed by atoms with Gasteiger partial charge in [0.25, 0.3) is 0 Å². The number of ether oxygens (including phenoxy) is 2. The van der Waals surface area contributed by atoms with Gasteiger partial charge in [0.05, 0.1) is 31.2 Å². The smallest absolute Gasteiger partial charge is 0.416 e. The largest absolute Gasteiger partial charge is 0.497 e. The molecule has 1 amide bonds. The highest BCUT2D eigenvalue weighted by atomic mass is 32.2. The first kappa shape index (κ1) is 24.2. The van der Waals surface area contributed by atoms with Crippen LogP contribution in [0.25, 0.3) is 0 Å². The van der Waals surface area contributed by atoms with E-state index >= 15 is 0 Å². The van der Waals surface area contributed by atoms with Gasteiger partial charge in [-0.25, -0.2) is 8.42 Å². The summed E-state index contributed by atoms with van der Waals surface area (Å²) in [6, 6.07) is 7.89. The molecule has 0 fully saturated rings. The zero-order valence-corrected chi connectivity index (χ0v) is 17.6. The van der Waals surface area contributed by atoms with Crippen LogP contribution in [-0.4, -0.2) is 45.9 Å². The molecule has 2 rings (SSSR count). The van der Waals surface area contributed by atoms with Gasteiger partial charge in [-0.15, -0.1) is 6.58 Å². The van der Waals surface area contributed by atoms with Crippen molar-refractivity contribution >= 4 is 21.6 Å². The van der Waals surface area contributed by atoms with Gasteiger partial charge in [-0.05, 0) is 18.2 Å². The second kappa shape index (κ2) is 9.84. The first-order valence-electron chi connectivity index (χ1n) is 8.82. The van der Waals surface area contributed by atoms with E-state index in [1.165, 1.54) is 32.4 Å². The van der Waals surface area contributed by atoms with Crippen molar-refractivity contribution < 1.29 is 35.9 Å². The van der Waals surface area contributed by atoms with Crippen molar-refractivity contribution in [3.05, 3.63) is 60.7 Å². The van der Waals surface area contributed by atoms with Crippen LogP contribution in [0.3, 0.4) is 0 Å². The van der Waals surface area contributed by atoms with Gasteiger partial charge >= 0.3 is 6.18 Å². The predicted octanol–water partition coefficient (Wildman–Crippen LogP) is 3.54. The molecular formula is C20H21F3N2O5S. The van der Waals surface area contributed by atoms with Crippen LogP contribution in [0.2, 0.25) is 0 Å². The number of nitrogens with zero attached hydrogens (tertiary/aromatic N) is 1. The maximum Gasteiger partial charge on any atom is 0.416 e. The number of hydrogen-bond acceptors (Lipinski definition) is 5. The Morgan fingerprint density at radius 1 is 1.13 bits per heavy atom. The number of carbonyl (C=O) groups is 1. The van der Waals surface area contributed by atoms with E-state index < -0.39 is 39.1 Å². The molecule has 1 N–H and O–H groups in total. The molecule has 0 atom stereocenters. The fraction of sp³-hybridized carbons (Fsp3) is 0.250. The van der Waals surface area contributed by atoms with Gasteiger partial charge in [0, 0.05) is 30.4 Å². The number of alkyl halides is 3. The van der Waals surface area contributed by atoms with Crippen molar-refractivity contribution in [3.63, 3.8) is 0 Å². The topological polar surface area (TPSA) is 84.9 Å². The highest BCUT2D eigenvalue weighted by Crippen LogP contribution is 2.31. The fourth-order valence-electron chi connectivity index (χ4n) is 2.61. The van der Waals surface area contributed by atoms with Gasteiger partial charge in [-0.2, -0.15) is 17.5 Å². The van der Waals surface area contributed by atoms with E-state index in [1.807, 2.05) is 0 Å². The standard InChI is InChI=1S/C20H21F3N2O5S/c1-4-8-25(31(27,28)18-7-5-6-14(9-18)20(21,22)23)13-19(26)24-15-10-16(29-2)12-17(11-15)30-3/h4-7,9-12H,1,8,13H2,2-3H3,(H,24,26). The molecule has 0 saturated carbocycles. The summed E-state index contributed by atoms with van der Waals surface area (Å²) in [7, 11) is -1.56. The van der Waals surface area contributed by atoms with E-state index in [0.717, 1.165) is 22.5 Å². The first-order chi connectivity index (χ1) is 14.5. The van der Waals surface area contributed by atoms with Gasteiger partial charge in [0.2, 0.25) is 15.9 Å². The van der Waals surface area contributed by atoms with Gasteiger partial charge < -0.3 is 14.8 Å². The lowest BCUT2D eigenvalue weighted by Crippen LogP contribution is -2.38. The molecular weight excluding hydrogens is 437 g/mol. The molecule has 0 heterocycles. The molecule has 0 unspecified atom stereocenters. The highest BCUT2D eigenvalue weighted by molar-refractivity contribution is 7.89. The first-order valence-corrected chi connectivity index (χ1v) is 10.3. The van der Waals surface area contributed by atoms with Crippen LogP contribution in [-0.2, 0) is 21.0 Å². The number of rotatable bonds is 9. The predicted molar refractivity (Wildman–Crippen MR) is 109 cm³/mol. The lowest BCUT2D eigenvalue weighted by molar-refractivity contribution is -0.137. The summed E-state index contributed by atoms with van der Waals surface area (Å²) in [6.45, 7) is 2.52. The molecule has 0 saturated heterocycles. The van der Waals surface area contributed by atoms with Crippen LogP contribution in [0.4, 0.5) is 18.9 Å². The fourth-order valence-corrected chi connectivity index (χ4v) is 4.03. The van der Waals surface area contributed by atoms with Crippen LogP contribution in [0.1, 0.15) is 5.56 Å². The van der Waals surface area contributed by atoms with E-state index in [0.29, 0.717) is 17.6 Å². The Hall–Kier alpha value is -3.05. The third-order valence-electron chi connectivity index (χ3n) is 4.09. The lowest BCUT2D eigenvalue weighted by atomic mass is 10.2. The van der Waals surface area contributed by atoms with E-state index in [-0.39, 0.29) is 12.2 Å². The number of carbonyl (C=O) groups excluding carboxylic acids is 1. The van der Waals surface area contributed by atoms with Crippen molar-refractivity contribution in [2.75, 3.05) is 32.6 Å². The van der Waals surface area contributed by atoms with E-state index in [4.69, 9.17) is 9.47 Å². The molecule has 2 aromatic rings. The molecule has 31 heavy (non-hydrogen) atoms. The highest BCUT2D eigenvalue weighted by Gasteiger charge is 2.33. The molecule has 0 aliphatic rings. The van der Waals surface area contributed by atoms with Crippen LogP contribution in [0.5, 0.6) is 11.5 Å². The SMILES string of the molecule is C=CCN(CC(=O)Nc1cc(OC)cc(OC)c1)S(=O)(=O)c1cccc(C(F)(F)F)c1. The minimum Gasteiger partial charge on any atom is -0.497 e. The van der Waals surface area contributed by atoms with Crippen molar-refractivity contribution in [3.8, 4) is 11.5 Å². The van der Waals surface area contributed by atoms with Crippen molar-refractivity contribution in [2.45, 2.75) is 11.1 Å². The number of nitrogens with one attached hydrogen (secondary N) is 1. The number of benzene rings is 2. The Morgan fingerprint density at radius 2 is 1.74 bits per heavy atom. The zero-order valence-electron chi connectivity index (χ0n) is 16.8. The van der Waals surface area contributed by atoms with Crippen LogP contribution >= 0.6 is 0 Å². The van der Waals surface area contributed by atoms with Gasteiger partial charge in [0.1, 0.15) is 11.5 Å². The Balaban J connectivity index is 2.28. The number of anilines is 1. The van der Waals surface area contributed by atoms with Crippen molar-refractivity contribution in [2.24, 2.45) is 0 Å². The van der Waals surface area contributed by atoms with E-state index in [2.05, 4.69) is 11.9 Å². The molecule has 0 aliphatic heterocycles. The molecule has 0 aliphatic carbocycles. The molecule has 0 spiro atoms. The third-order valence-corrected chi connectivity index (χ3v) is 5.89. The zero-order chi connectivity index (χ0) is 23.2. The number of sulfonamides is 1. The summed E-state index contributed by atoms with van der Waals surface area (Å²) in [5.41, 5.74) is -0.823. The molecule has 0 bridgehead atoms. The monoisotopic (exact) mass is 458 g/mol. The van der Waals surface area contributed by atoms with Gasteiger partial charge in [0.15, 0.2) is 0 Å². The summed E-state index contributed by atoms with van der Waals surface area (Å²) in [4.78, 5) is 11.9. The Kier molecular flexibility index (Phi) is 7.69. The van der Waals surface area contributed by atoms with Crippen molar-refractivity contribution in [1.82, 2.24) is 4.31 Å². The van der Waals surface area contributed by atoms with Crippen molar-refractivity contribution in [1.29, 1.82) is 0 Å². The number of halogens is 3. The second-order valence-corrected chi connectivity index (χ2v) is 8.20. The molecule has 2 aromatic carbocycles. The minimum absolute atomic E-state index is 0.284. The van der Waals surface area contributed by atoms with E-state index in [9.17, 15) is 26.4 Å². The Labute approximate surface area is 178 Å². The summed E-state index contributed by atoms with van der Waals surface area (Å²) in [6.07, 6.45) is -3.48. The molecule has 168 valence electrons. The minimum atomic E-state index is -4.71. The maximum absolute atomic E-state index is 13.0. The summed E-state index contributed by atoms with van der Waals surface area (Å²) < 4.78 is 75.6. The van der Waals surface area contributed by atoms with Crippen LogP contribution in [0, 0.1) is 0 Å². The van der Waals surface area contributed by atoms with Gasteiger partial charge in [-0.3, -0.25) is 4.79 Å². The van der Waals surface area contributed by atoms with E-state index in [1.54, 1.807) is 6.07 Å². The maximum atomic E-state index is 13.0. The number of hydrogen-bond donors (Lipinski definition) is 1. The average Bonchev–Trinajstić information content (AvgIpc) is 2.72. The average molecular weight is 458 g/mol. The summed E-state index contributed by atoms with van der Waals surface area (Å²) in [5.74, 6) is 0.0797. The number of amides is 1. The Bertz CT molecular complexity index is 1030. The Morgan fingerprint density at radius 3 is 2.26 bits per heavy atom. The molecule has 0 aromatic heterocycles. The lowest BCUT2D eigenvalue weighted by Gasteiger charge is -2.21.